The minimum Gasteiger partial charge on any atom is -0.471 e. The van der Waals surface area contributed by atoms with Crippen molar-refractivity contribution in [1.29, 1.82) is 0 Å². The number of hydrogen-bond acceptors (Lipinski definition) is 3. The second-order valence-electron chi connectivity index (χ2n) is 5.47. The Kier molecular flexibility index (Phi) is 3.51. The molecule has 0 bridgehead atoms. The van der Waals surface area contributed by atoms with E-state index in [1.54, 1.807) is 4.90 Å². The highest BCUT2D eigenvalue weighted by atomic mass is 19.4. The Hall–Kier alpha value is -1.79. The molecule has 1 aliphatic heterocycles. The van der Waals surface area contributed by atoms with Gasteiger partial charge in [-0.05, 0) is 18.9 Å². The maximum atomic E-state index is 12.5. The first kappa shape index (κ1) is 14.2. The molecule has 7 heteroatoms. The number of carbonyl (C=O) groups excluding carboxylic acids is 1. The first-order valence-corrected chi connectivity index (χ1v) is 6.93. The quantitative estimate of drug-likeness (QED) is 0.861. The van der Waals surface area contributed by atoms with Crippen LogP contribution in [0, 0.1) is 5.92 Å². The van der Waals surface area contributed by atoms with Crippen LogP contribution >= 0.6 is 0 Å². The predicted molar refractivity (Wildman–Crippen MR) is 67.6 cm³/mol. The molecule has 1 aliphatic carbocycles. The summed E-state index contributed by atoms with van der Waals surface area (Å²) < 4.78 is 43.0. The Morgan fingerprint density at radius 2 is 2.00 bits per heavy atom. The summed E-state index contributed by atoms with van der Waals surface area (Å²) in [6, 6.07) is 3.56. The number of hydrogen-bond donors (Lipinski definition) is 0. The summed E-state index contributed by atoms with van der Waals surface area (Å²) in [7, 11) is 0. The summed E-state index contributed by atoms with van der Waals surface area (Å²) >= 11 is 0. The Balaban J connectivity index is 1.53. The number of amides is 1. The summed E-state index contributed by atoms with van der Waals surface area (Å²) in [5.74, 6) is 0.223. The maximum absolute atomic E-state index is 12.5. The molecular weight excluding hydrogens is 285 g/mol. The van der Waals surface area contributed by atoms with Gasteiger partial charge in [-0.3, -0.25) is 4.79 Å². The van der Waals surface area contributed by atoms with Crippen molar-refractivity contribution in [2.75, 3.05) is 13.1 Å². The monoisotopic (exact) mass is 300 g/mol. The molecule has 0 spiro atoms. The molecule has 1 saturated heterocycles. The lowest BCUT2D eigenvalue weighted by Crippen LogP contribution is -2.58. The first-order chi connectivity index (χ1) is 9.93. The minimum atomic E-state index is -4.48. The Labute approximate surface area is 119 Å². The van der Waals surface area contributed by atoms with Crippen LogP contribution in [0.15, 0.2) is 18.2 Å². The number of aromatic nitrogens is 1. The van der Waals surface area contributed by atoms with Crippen molar-refractivity contribution in [1.82, 2.24) is 9.88 Å². The van der Waals surface area contributed by atoms with Gasteiger partial charge in [0.05, 0.1) is 13.1 Å². The number of ether oxygens (including phenoxy) is 1. The molecule has 2 fully saturated rings. The molecular formula is C14H15F3N2O2. The molecule has 0 atom stereocenters. The fourth-order valence-corrected chi connectivity index (χ4v) is 2.42. The molecule has 0 unspecified atom stereocenters. The van der Waals surface area contributed by atoms with Crippen LogP contribution in [0.25, 0.3) is 0 Å². The number of halogens is 3. The largest absolute Gasteiger partial charge is 0.471 e. The van der Waals surface area contributed by atoms with Gasteiger partial charge in [-0.2, -0.15) is 13.2 Å². The normalized spacial score (nSPS) is 19.9. The van der Waals surface area contributed by atoms with Crippen LogP contribution in [0.3, 0.4) is 0 Å². The number of rotatable bonds is 3. The van der Waals surface area contributed by atoms with Crippen molar-refractivity contribution >= 4 is 5.91 Å². The maximum Gasteiger partial charge on any atom is 0.433 e. The third kappa shape index (κ3) is 2.96. The van der Waals surface area contributed by atoms with E-state index in [2.05, 4.69) is 4.98 Å². The second kappa shape index (κ2) is 5.20. The van der Waals surface area contributed by atoms with E-state index in [0.29, 0.717) is 13.1 Å². The van der Waals surface area contributed by atoms with E-state index < -0.39 is 11.9 Å². The molecule has 2 heterocycles. The Bertz CT molecular complexity index is 537. The van der Waals surface area contributed by atoms with E-state index in [9.17, 15) is 18.0 Å². The van der Waals surface area contributed by atoms with Gasteiger partial charge >= 0.3 is 6.18 Å². The summed E-state index contributed by atoms with van der Waals surface area (Å²) in [4.78, 5) is 17.0. The van der Waals surface area contributed by atoms with Crippen LogP contribution in [0.4, 0.5) is 13.2 Å². The molecule has 4 nitrogen and oxygen atoms in total. The van der Waals surface area contributed by atoms with E-state index in [-0.39, 0.29) is 23.8 Å². The molecule has 0 radical (unpaired) electrons. The van der Waals surface area contributed by atoms with Crippen LogP contribution in [0.2, 0.25) is 0 Å². The molecule has 21 heavy (non-hydrogen) atoms. The molecule has 0 aromatic carbocycles. The van der Waals surface area contributed by atoms with Gasteiger partial charge < -0.3 is 9.64 Å². The van der Waals surface area contributed by atoms with Gasteiger partial charge in [-0.1, -0.05) is 12.5 Å². The van der Waals surface area contributed by atoms with Gasteiger partial charge in [0.15, 0.2) is 0 Å². The smallest absolute Gasteiger partial charge is 0.433 e. The summed E-state index contributed by atoms with van der Waals surface area (Å²) in [6.07, 6.45) is -1.78. The zero-order valence-electron chi connectivity index (χ0n) is 11.3. The molecule has 1 saturated carbocycles. The molecule has 2 aliphatic rings. The fourth-order valence-electron chi connectivity index (χ4n) is 2.42. The third-order valence-corrected chi connectivity index (χ3v) is 3.92. The van der Waals surface area contributed by atoms with Gasteiger partial charge in [0, 0.05) is 12.0 Å². The predicted octanol–water partition coefficient (Wildman–Crippen LogP) is 2.49. The van der Waals surface area contributed by atoms with Crippen molar-refractivity contribution in [3.63, 3.8) is 0 Å². The molecule has 0 N–H and O–H groups in total. The van der Waals surface area contributed by atoms with Crippen molar-refractivity contribution in [2.45, 2.75) is 31.5 Å². The molecule has 1 aromatic rings. The molecule has 114 valence electrons. The fraction of sp³-hybridized carbons (Fsp3) is 0.571. The van der Waals surface area contributed by atoms with E-state index in [1.807, 2.05) is 0 Å². The van der Waals surface area contributed by atoms with Gasteiger partial charge in [0.2, 0.25) is 11.8 Å². The van der Waals surface area contributed by atoms with Crippen LogP contribution in [0.1, 0.15) is 25.0 Å². The van der Waals surface area contributed by atoms with Crippen LogP contribution in [-0.4, -0.2) is 35.0 Å². The first-order valence-electron chi connectivity index (χ1n) is 6.93. The molecule has 1 aromatic heterocycles. The van der Waals surface area contributed by atoms with Gasteiger partial charge in [0.25, 0.3) is 0 Å². The lowest BCUT2D eigenvalue weighted by molar-refractivity contribution is -0.147. The SMILES string of the molecule is O=C(C1CCC1)N1CC(Oc2cccc(C(F)(F)F)n2)C1. The lowest BCUT2D eigenvalue weighted by Gasteiger charge is -2.42. The summed E-state index contributed by atoms with van der Waals surface area (Å²) in [5, 5.41) is 0. The van der Waals surface area contributed by atoms with Crippen molar-refractivity contribution in [3.8, 4) is 5.88 Å². The van der Waals surface area contributed by atoms with Crippen LogP contribution in [-0.2, 0) is 11.0 Å². The zero-order chi connectivity index (χ0) is 15.0. The lowest BCUT2D eigenvalue weighted by atomic mass is 9.83. The molecule has 3 rings (SSSR count). The standard InChI is InChI=1S/C14H15F3N2O2/c15-14(16,17)11-5-2-6-12(18-11)21-10-7-19(8-10)13(20)9-3-1-4-9/h2,5-6,9-10H,1,3-4,7-8H2. The topological polar surface area (TPSA) is 42.4 Å². The van der Waals surface area contributed by atoms with Gasteiger partial charge in [0.1, 0.15) is 11.8 Å². The van der Waals surface area contributed by atoms with E-state index in [1.165, 1.54) is 12.1 Å². The highest BCUT2D eigenvalue weighted by molar-refractivity contribution is 5.80. The number of alkyl halides is 3. The minimum absolute atomic E-state index is 0.0504. The molecule has 1 amide bonds. The van der Waals surface area contributed by atoms with Crippen molar-refractivity contribution in [3.05, 3.63) is 23.9 Å². The zero-order valence-corrected chi connectivity index (χ0v) is 11.3. The highest BCUT2D eigenvalue weighted by Gasteiger charge is 2.38. The van der Waals surface area contributed by atoms with Crippen LogP contribution < -0.4 is 4.74 Å². The Morgan fingerprint density at radius 3 is 2.57 bits per heavy atom. The van der Waals surface area contributed by atoms with E-state index in [0.717, 1.165) is 25.3 Å². The van der Waals surface area contributed by atoms with Crippen molar-refractivity contribution < 1.29 is 22.7 Å². The highest BCUT2D eigenvalue weighted by Crippen LogP contribution is 2.31. The second-order valence-corrected chi connectivity index (χ2v) is 5.47. The third-order valence-electron chi connectivity index (χ3n) is 3.92. The van der Waals surface area contributed by atoms with Crippen LogP contribution in [0.5, 0.6) is 5.88 Å². The van der Waals surface area contributed by atoms with Crippen molar-refractivity contribution in [2.24, 2.45) is 5.92 Å². The Morgan fingerprint density at radius 1 is 1.29 bits per heavy atom. The average molecular weight is 300 g/mol. The number of carbonyl (C=O) groups is 1. The average Bonchev–Trinajstić information content (AvgIpc) is 2.30. The summed E-state index contributed by atoms with van der Waals surface area (Å²) in [6.45, 7) is 0.848. The van der Waals surface area contributed by atoms with Gasteiger partial charge in [-0.15, -0.1) is 0 Å². The number of likely N-dealkylation sites (tertiary alicyclic amines) is 1. The number of pyridine rings is 1. The van der Waals surface area contributed by atoms with E-state index >= 15 is 0 Å². The van der Waals surface area contributed by atoms with E-state index in [4.69, 9.17) is 4.74 Å². The van der Waals surface area contributed by atoms with Gasteiger partial charge in [-0.25, -0.2) is 4.98 Å². The summed E-state index contributed by atoms with van der Waals surface area (Å²) in [5.41, 5.74) is -0.971. The number of nitrogens with zero attached hydrogens (tertiary/aromatic N) is 2.